The van der Waals surface area contributed by atoms with E-state index in [9.17, 15) is 4.79 Å². The summed E-state index contributed by atoms with van der Waals surface area (Å²) in [5, 5.41) is 11.5. The number of carbonyl (C=O) groups is 1. The third-order valence-corrected chi connectivity index (χ3v) is 2.38. The molecule has 0 aliphatic carbocycles. The van der Waals surface area contributed by atoms with Gasteiger partial charge in [-0.1, -0.05) is 0 Å². The monoisotopic (exact) mass is 239 g/mol. The van der Waals surface area contributed by atoms with E-state index >= 15 is 0 Å². The number of ether oxygens (including phenoxy) is 2. The van der Waals surface area contributed by atoms with Gasteiger partial charge in [-0.3, -0.25) is 4.79 Å². The first-order chi connectivity index (χ1) is 8.17. The fourth-order valence-electron chi connectivity index (χ4n) is 1.36. The van der Waals surface area contributed by atoms with Crippen LogP contribution in [0.25, 0.3) is 0 Å². The summed E-state index contributed by atoms with van der Waals surface area (Å²) in [5.74, 6) is 0.591. The molecule has 17 heavy (non-hydrogen) atoms. The smallest absolute Gasteiger partial charge is 0.320 e. The van der Waals surface area contributed by atoms with Gasteiger partial charge >= 0.3 is 5.97 Å². The van der Waals surface area contributed by atoms with Crippen molar-refractivity contribution in [2.45, 2.75) is 12.5 Å². The molecule has 94 valence electrons. The summed E-state index contributed by atoms with van der Waals surface area (Å²) in [4.78, 5) is 10.7. The summed E-state index contributed by atoms with van der Waals surface area (Å²) in [6, 6.07) is 6.58. The first kappa shape index (κ1) is 13.3. The Morgan fingerprint density at radius 1 is 1.35 bits per heavy atom. The van der Waals surface area contributed by atoms with Crippen LogP contribution >= 0.6 is 0 Å². The topological polar surface area (TPSA) is 67.8 Å². The summed E-state index contributed by atoms with van der Waals surface area (Å²) in [5.41, 5.74) is 0. The van der Waals surface area contributed by atoms with Gasteiger partial charge in [0.25, 0.3) is 0 Å². The number of rotatable bonds is 7. The van der Waals surface area contributed by atoms with Gasteiger partial charge in [0.05, 0.1) is 13.7 Å². The molecule has 0 aliphatic heterocycles. The van der Waals surface area contributed by atoms with Crippen LogP contribution in [-0.2, 0) is 4.79 Å². The molecule has 0 heterocycles. The zero-order valence-corrected chi connectivity index (χ0v) is 9.97. The van der Waals surface area contributed by atoms with Gasteiger partial charge < -0.3 is 19.9 Å². The summed E-state index contributed by atoms with van der Waals surface area (Å²) in [7, 11) is 3.21. The highest BCUT2D eigenvalue weighted by atomic mass is 16.5. The van der Waals surface area contributed by atoms with Crippen molar-refractivity contribution in [1.82, 2.24) is 5.32 Å². The fraction of sp³-hybridized carbons (Fsp3) is 0.417. The number of carboxylic acids is 1. The average molecular weight is 239 g/mol. The van der Waals surface area contributed by atoms with Crippen molar-refractivity contribution in [3.05, 3.63) is 24.3 Å². The second-order valence-electron chi connectivity index (χ2n) is 3.49. The van der Waals surface area contributed by atoms with E-state index in [1.165, 1.54) is 0 Å². The molecule has 0 aromatic heterocycles. The Hall–Kier alpha value is -1.75. The average Bonchev–Trinajstić information content (AvgIpc) is 2.35. The van der Waals surface area contributed by atoms with Crippen LogP contribution in [0.3, 0.4) is 0 Å². The molecule has 0 saturated heterocycles. The predicted molar refractivity (Wildman–Crippen MR) is 63.6 cm³/mol. The standard InChI is InChI=1S/C12H17NO4/c1-13-11(12(14)15)7-8-17-10-5-3-9(16-2)4-6-10/h3-6,11,13H,7-8H2,1-2H3,(H,14,15). The molecule has 5 nitrogen and oxygen atoms in total. The van der Waals surface area contributed by atoms with Gasteiger partial charge in [0.15, 0.2) is 0 Å². The Morgan fingerprint density at radius 2 is 1.94 bits per heavy atom. The van der Waals surface area contributed by atoms with Crippen molar-refractivity contribution in [3.63, 3.8) is 0 Å². The van der Waals surface area contributed by atoms with E-state index in [1.807, 2.05) is 0 Å². The maximum atomic E-state index is 10.7. The number of nitrogens with one attached hydrogen (secondary N) is 1. The molecule has 1 aromatic rings. The molecular weight excluding hydrogens is 222 g/mol. The van der Waals surface area contributed by atoms with Crippen LogP contribution in [0.4, 0.5) is 0 Å². The van der Waals surface area contributed by atoms with Crippen LogP contribution in [0.1, 0.15) is 6.42 Å². The van der Waals surface area contributed by atoms with Crippen molar-refractivity contribution in [2.75, 3.05) is 20.8 Å². The molecule has 0 aliphatic rings. The fourth-order valence-corrected chi connectivity index (χ4v) is 1.36. The van der Waals surface area contributed by atoms with Gasteiger partial charge in [0.2, 0.25) is 0 Å². The SMILES string of the molecule is CNC(CCOc1ccc(OC)cc1)C(=O)O. The maximum Gasteiger partial charge on any atom is 0.320 e. The molecule has 1 rings (SSSR count). The van der Waals surface area contributed by atoms with Crippen molar-refractivity contribution < 1.29 is 19.4 Å². The van der Waals surface area contributed by atoms with Crippen molar-refractivity contribution in [3.8, 4) is 11.5 Å². The normalized spacial score (nSPS) is 11.9. The van der Waals surface area contributed by atoms with Crippen LogP contribution in [0.15, 0.2) is 24.3 Å². The van der Waals surface area contributed by atoms with E-state index in [2.05, 4.69) is 5.32 Å². The van der Waals surface area contributed by atoms with E-state index in [1.54, 1.807) is 38.4 Å². The first-order valence-corrected chi connectivity index (χ1v) is 5.34. The number of carboxylic acid groups (broad SMARTS) is 1. The molecule has 0 amide bonds. The quantitative estimate of drug-likeness (QED) is 0.746. The minimum absolute atomic E-state index is 0.351. The molecule has 5 heteroatoms. The number of methoxy groups -OCH3 is 1. The van der Waals surface area contributed by atoms with Crippen molar-refractivity contribution in [2.24, 2.45) is 0 Å². The van der Waals surface area contributed by atoms with Crippen LogP contribution in [0.2, 0.25) is 0 Å². The molecule has 0 bridgehead atoms. The van der Waals surface area contributed by atoms with Gasteiger partial charge in [-0.05, 0) is 31.3 Å². The second-order valence-corrected chi connectivity index (χ2v) is 3.49. The van der Waals surface area contributed by atoms with Crippen LogP contribution in [0.5, 0.6) is 11.5 Å². The molecule has 1 aromatic carbocycles. The highest BCUT2D eigenvalue weighted by molar-refractivity contribution is 5.73. The molecular formula is C12H17NO4. The van der Waals surface area contributed by atoms with Gasteiger partial charge in [0.1, 0.15) is 17.5 Å². The summed E-state index contributed by atoms with van der Waals surface area (Å²) < 4.78 is 10.4. The lowest BCUT2D eigenvalue weighted by Crippen LogP contribution is -2.35. The number of hydrogen-bond acceptors (Lipinski definition) is 4. The van der Waals surface area contributed by atoms with Crippen molar-refractivity contribution >= 4 is 5.97 Å². The molecule has 0 saturated carbocycles. The van der Waals surface area contributed by atoms with E-state index in [0.29, 0.717) is 18.8 Å². The molecule has 1 unspecified atom stereocenters. The van der Waals surface area contributed by atoms with Crippen LogP contribution < -0.4 is 14.8 Å². The van der Waals surface area contributed by atoms with Gasteiger partial charge in [0, 0.05) is 6.42 Å². The number of hydrogen-bond donors (Lipinski definition) is 2. The Kier molecular flexibility index (Phi) is 5.29. The lowest BCUT2D eigenvalue weighted by molar-refractivity contribution is -0.139. The molecule has 0 spiro atoms. The van der Waals surface area contributed by atoms with E-state index < -0.39 is 12.0 Å². The first-order valence-electron chi connectivity index (χ1n) is 5.34. The third kappa shape index (κ3) is 4.32. The van der Waals surface area contributed by atoms with E-state index in [0.717, 1.165) is 5.75 Å². The highest BCUT2D eigenvalue weighted by Crippen LogP contribution is 2.17. The predicted octanol–water partition coefficient (Wildman–Crippen LogP) is 1.14. The largest absolute Gasteiger partial charge is 0.497 e. The molecule has 0 fully saturated rings. The Bertz CT molecular complexity index is 350. The lowest BCUT2D eigenvalue weighted by atomic mass is 10.2. The van der Waals surface area contributed by atoms with E-state index in [-0.39, 0.29) is 0 Å². The zero-order valence-electron chi connectivity index (χ0n) is 9.97. The number of likely N-dealkylation sites (N-methyl/N-ethyl adjacent to an activating group) is 1. The second kappa shape index (κ2) is 6.75. The highest BCUT2D eigenvalue weighted by Gasteiger charge is 2.14. The minimum atomic E-state index is -0.870. The Morgan fingerprint density at radius 3 is 2.41 bits per heavy atom. The molecule has 2 N–H and O–H groups in total. The summed E-state index contributed by atoms with van der Waals surface area (Å²) >= 11 is 0. The summed E-state index contributed by atoms with van der Waals surface area (Å²) in [6.45, 7) is 0.351. The van der Waals surface area contributed by atoms with Crippen molar-refractivity contribution in [1.29, 1.82) is 0 Å². The number of aliphatic carboxylic acids is 1. The maximum absolute atomic E-state index is 10.7. The summed E-state index contributed by atoms with van der Waals surface area (Å²) in [6.07, 6.45) is 0.415. The zero-order chi connectivity index (χ0) is 12.7. The van der Waals surface area contributed by atoms with Gasteiger partial charge in [-0.15, -0.1) is 0 Å². The van der Waals surface area contributed by atoms with Crippen LogP contribution in [0, 0.1) is 0 Å². The Balaban J connectivity index is 2.37. The third-order valence-electron chi connectivity index (χ3n) is 2.38. The van der Waals surface area contributed by atoms with Gasteiger partial charge in [-0.2, -0.15) is 0 Å². The Labute approximate surface area is 100 Å². The molecule has 0 radical (unpaired) electrons. The number of benzene rings is 1. The van der Waals surface area contributed by atoms with Gasteiger partial charge in [-0.25, -0.2) is 0 Å². The lowest BCUT2D eigenvalue weighted by Gasteiger charge is -2.12. The molecule has 1 atom stereocenters. The minimum Gasteiger partial charge on any atom is -0.497 e. The van der Waals surface area contributed by atoms with Crippen LogP contribution in [-0.4, -0.2) is 37.9 Å². The van der Waals surface area contributed by atoms with E-state index in [4.69, 9.17) is 14.6 Å².